The van der Waals surface area contributed by atoms with Crippen molar-refractivity contribution in [3.05, 3.63) is 65.7 Å². The predicted octanol–water partition coefficient (Wildman–Crippen LogP) is 2.87. The van der Waals surface area contributed by atoms with Gasteiger partial charge >= 0.3 is 0 Å². The first-order valence-corrected chi connectivity index (χ1v) is 8.52. The highest BCUT2D eigenvalue weighted by Gasteiger charge is 2.42. The van der Waals surface area contributed by atoms with Gasteiger partial charge in [0.05, 0.1) is 11.3 Å². The monoisotopic (exact) mass is 334 g/mol. The lowest BCUT2D eigenvalue weighted by molar-refractivity contribution is -0.123. The summed E-state index contributed by atoms with van der Waals surface area (Å²) in [5.74, 6) is -0.873. The fourth-order valence-corrected chi connectivity index (χ4v) is 3.62. The van der Waals surface area contributed by atoms with Crippen molar-refractivity contribution >= 4 is 23.4 Å². The average Bonchev–Trinajstić information content (AvgIpc) is 2.77. The van der Waals surface area contributed by atoms with Gasteiger partial charge in [0.1, 0.15) is 6.04 Å². The Kier molecular flexibility index (Phi) is 3.84. The molecular weight excluding hydrogens is 316 g/mol. The molecule has 0 unspecified atom stereocenters. The molecule has 126 valence electrons. The third-order valence-corrected chi connectivity index (χ3v) is 4.87. The Morgan fingerprint density at radius 2 is 1.64 bits per heavy atom. The molecule has 2 aliphatic heterocycles. The third-order valence-electron chi connectivity index (χ3n) is 4.87. The van der Waals surface area contributed by atoms with E-state index in [9.17, 15) is 14.4 Å². The molecule has 1 saturated heterocycles. The summed E-state index contributed by atoms with van der Waals surface area (Å²) >= 11 is 0. The summed E-state index contributed by atoms with van der Waals surface area (Å²) in [7, 11) is 0. The number of hydrogen-bond acceptors (Lipinski definition) is 3. The molecular formula is C20H18N2O3. The van der Waals surface area contributed by atoms with Crippen LogP contribution in [0, 0.1) is 0 Å². The Hall–Kier alpha value is -2.95. The summed E-state index contributed by atoms with van der Waals surface area (Å²) in [6, 6.07) is 15.0. The van der Waals surface area contributed by atoms with Gasteiger partial charge in [0.25, 0.3) is 17.7 Å². The maximum atomic E-state index is 13.2. The minimum absolute atomic E-state index is 0.169. The molecule has 0 radical (unpaired) electrons. The maximum absolute atomic E-state index is 13.2. The summed E-state index contributed by atoms with van der Waals surface area (Å²) in [4.78, 5) is 42.1. The van der Waals surface area contributed by atoms with Crippen LogP contribution in [0.2, 0.25) is 0 Å². The van der Waals surface area contributed by atoms with E-state index in [0.717, 1.165) is 12.8 Å². The van der Waals surface area contributed by atoms with Crippen molar-refractivity contribution in [3.8, 4) is 0 Å². The largest absolute Gasteiger partial charge is 0.327 e. The molecule has 0 aliphatic carbocycles. The summed E-state index contributed by atoms with van der Waals surface area (Å²) < 4.78 is 0. The Morgan fingerprint density at radius 3 is 2.44 bits per heavy atom. The SMILES string of the molecule is O=C(c1ccccc1)N1C(=O)[C@H]2CCCCN2C(=O)c2ccccc21. The molecule has 2 aromatic rings. The standard InChI is InChI=1S/C20H18N2O3/c23-18(14-8-2-1-3-9-14)22-16-11-5-4-10-15(16)19(24)21-13-7-6-12-17(21)20(22)25/h1-5,8-11,17H,6-7,12-13H2/t17-/m1/s1. The zero-order valence-electron chi connectivity index (χ0n) is 13.7. The minimum atomic E-state index is -0.568. The molecule has 2 aliphatic rings. The number of hydrogen-bond donors (Lipinski definition) is 0. The van der Waals surface area contributed by atoms with Crippen LogP contribution in [-0.4, -0.2) is 35.2 Å². The van der Waals surface area contributed by atoms with Crippen molar-refractivity contribution in [2.24, 2.45) is 0 Å². The smallest absolute Gasteiger partial charge is 0.265 e. The van der Waals surface area contributed by atoms with Crippen LogP contribution in [0.15, 0.2) is 54.6 Å². The van der Waals surface area contributed by atoms with Gasteiger partial charge in [-0.15, -0.1) is 0 Å². The lowest BCUT2D eigenvalue weighted by Gasteiger charge is -2.34. The van der Waals surface area contributed by atoms with Crippen LogP contribution < -0.4 is 4.90 Å². The van der Waals surface area contributed by atoms with Crippen LogP contribution >= 0.6 is 0 Å². The number of para-hydroxylation sites is 1. The van der Waals surface area contributed by atoms with Gasteiger partial charge in [-0.25, -0.2) is 4.90 Å². The molecule has 0 aromatic heterocycles. The fourth-order valence-electron chi connectivity index (χ4n) is 3.62. The van der Waals surface area contributed by atoms with Gasteiger partial charge in [0.15, 0.2) is 0 Å². The van der Waals surface area contributed by atoms with E-state index in [2.05, 4.69) is 0 Å². The van der Waals surface area contributed by atoms with Crippen LogP contribution in [0.25, 0.3) is 0 Å². The van der Waals surface area contributed by atoms with Gasteiger partial charge < -0.3 is 4.90 Å². The molecule has 0 N–H and O–H groups in total. The number of anilines is 1. The molecule has 5 nitrogen and oxygen atoms in total. The summed E-state index contributed by atoms with van der Waals surface area (Å²) in [5.41, 5.74) is 1.22. The van der Waals surface area contributed by atoms with E-state index in [1.807, 2.05) is 6.07 Å². The summed E-state index contributed by atoms with van der Waals surface area (Å²) in [6.07, 6.45) is 2.35. The van der Waals surface area contributed by atoms with E-state index < -0.39 is 11.9 Å². The number of carbonyl (C=O) groups is 3. The summed E-state index contributed by atoms with van der Waals surface area (Å²) in [6.45, 7) is 0.553. The third kappa shape index (κ3) is 2.52. The number of benzene rings is 2. The van der Waals surface area contributed by atoms with Crippen molar-refractivity contribution in [2.45, 2.75) is 25.3 Å². The van der Waals surface area contributed by atoms with Crippen LogP contribution in [0.3, 0.4) is 0 Å². The molecule has 0 bridgehead atoms. The number of carbonyl (C=O) groups excluding carboxylic acids is 3. The molecule has 0 spiro atoms. The number of fused-ring (bicyclic) bond motifs is 2. The minimum Gasteiger partial charge on any atom is -0.327 e. The first-order valence-electron chi connectivity index (χ1n) is 8.52. The first-order chi connectivity index (χ1) is 12.2. The van der Waals surface area contributed by atoms with Gasteiger partial charge in [-0.3, -0.25) is 14.4 Å². The van der Waals surface area contributed by atoms with Crippen LogP contribution in [-0.2, 0) is 4.79 Å². The van der Waals surface area contributed by atoms with Crippen molar-refractivity contribution in [1.29, 1.82) is 0 Å². The Morgan fingerprint density at radius 1 is 0.920 bits per heavy atom. The highest BCUT2D eigenvalue weighted by molar-refractivity contribution is 6.26. The lowest BCUT2D eigenvalue weighted by atomic mass is 10.0. The van der Waals surface area contributed by atoms with Crippen LogP contribution in [0.4, 0.5) is 5.69 Å². The van der Waals surface area contributed by atoms with Gasteiger partial charge in [-0.05, 0) is 43.5 Å². The van der Waals surface area contributed by atoms with E-state index in [1.54, 1.807) is 53.4 Å². The molecule has 2 aromatic carbocycles. The maximum Gasteiger partial charge on any atom is 0.265 e. The van der Waals surface area contributed by atoms with Crippen LogP contribution in [0.5, 0.6) is 0 Å². The second kappa shape index (κ2) is 6.16. The van der Waals surface area contributed by atoms with Gasteiger partial charge in [-0.1, -0.05) is 30.3 Å². The second-order valence-corrected chi connectivity index (χ2v) is 6.37. The zero-order chi connectivity index (χ0) is 17.4. The molecule has 3 amide bonds. The number of nitrogens with zero attached hydrogens (tertiary/aromatic N) is 2. The van der Waals surface area contributed by atoms with Crippen molar-refractivity contribution < 1.29 is 14.4 Å². The molecule has 0 saturated carbocycles. The topological polar surface area (TPSA) is 57.7 Å². The molecule has 1 fully saturated rings. The molecule has 25 heavy (non-hydrogen) atoms. The number of imide groups is 1. The molecule has 4 rings (SSSR count). The van der Waals surface area contributed by atoms with E-state index >= 15 is 0 Å². The Bertz CT molecular complexity index is 847. The van der Waals surface area contributed by atoms with Crippen LogP contribution in [0.1, 0.15) is 40.0 Å². The zero-order valence-corrected chi connectivity index (χ0v) is 13.7. The molecule has 5 heteroatoms. The highest BCUT2D eigenvalue weighted by Crippen LogP contribution is 2.32. The fraction of sp³-hybridized carbons (Fsp3) is 0.250. The highest BCUT2D eigenvalue weighted by atomic mass is 16.2. The van der Waals surface area contributed by atoms with E-state index in [4.69, 9.17) is 0 Å². The first kappa shape index (κ1) is 15.6. The lowest BCUT2D eigenvalue weighted by Crippen LogP contribution is -2.52. The number of piperidine rings is 1. The molecule has 1 atom stereocenters. The van der Waals surface area contributed by atoms with Crippen molar-refractivity contribution in [2.75, 3.05) is 11.4 Å². The predicted molar refractivity (Wildman–Crippen MR) is 93.4 cm³/mol. The second-order valence-electron chi connectivity index (χ2n) is 6.37. The Labute approximate surface area is 145 Å². The van der Waals surface area contributed by atoms with Gasteiger partial charge in [0.2, 0.25) is 0 Å². The normalized spacial score (nSPS) is 19.9. The van der Waals surface area contributed by atoms with E-state index in [1.165, 1.54) is 4.90 Å². The average molecular weight is 334 g/mol. The number of amides is 3. The van der Waals surface area contributed by atoms with Crippen molar-refractivity contribution in [1.82, 2.24) is 4.90 Å². The van der Waals surface area contributed by atoms with E-state index in [-0.39, 0.29) is 11.8 Å². The van der Waals surface area contributed by atoms with E-state index in [0.29, 0.717) is 29.8 Å². The van der Waals surface area contributed by atoms with Gasteiger partial charge in [-0.2, -0.15) is 0 Å². The van der Waals surface area contributed by atoms with Crippen molar-refractivity contribution in [3.63, 3.8) is 0 Å². The molecule has 2 heterocycles. The van der Waals surface area contributed by atoms with Gasteiger partial charge in [0, 0.05) is 12.1 Å². The quantitative estimate of drug-likeness (QED) is 0.754. The summed E-state index contributed by atoms with van der Waals surface area (Å²) in [5, 5.41) is 0. The number of rotatable bonds is 1. The Balaban J connectivity index is 1.87.